The lowest BCUT2D eigenvalue weighted by molar-refractivity contribution is 0.372. The fourth-order valence-electron chi connectivity index (χ4n) is 2.89. The molecule has 3 rings (SSSR count). The van der Waals surface area contributed by atoms with Crippen molar-refractivity contribution in [3.8, 4) is 0 Å². The van der Waals surface area contributed by atoms with Gasteiger partial charge in [-0.05, 0) is 29.7 Å². The van der Waals surface area contributed by atoms with E-state index in [-0.39, 0.29) is 24.0 Å². The summed E-state index contributed by atoms with van der Waals surface area (Å²) >= 11 is 0. The van der Waals surface area contributed by atoms with Gasteiger partial charge >= 0.3 is 0 Å². The topological polar surface area (TPSA) is 62.5 Å². The van der Waals surface area contributed by atoms with E-state index in [1.165, 1.54) is 12.0 Å². The predicted molar refractivity (Wildman–Crippen MR) is 111 cm³/mol. The highest BCUT2D eigenvalue weighted by Gasteiger charge is 2.37. The minimum atomic E-state index is 0. The summed E-state index contributed by atoms with van der Waals surface area (Å²) in [6, 6.07) is 12.7. The van der Waals surface area contributed by atoms with Crippen molar-refractivity contribution in [3.05, 3.63) is 53.4 Å². The summed E-state index contributed by atoms with van der Waals surface area (Å²) in [5.41, 5.74) is 2.42. The van der Waals surface area contributed by atoms with Crippen LogP contribution in [0, 0.1) is 5.92 Å². The molecule has 0 saturated heterocycles. The largest absolute Gasteiger partial charge is 0.359 e. The Morgan fingerprint density at radius 1 is 1.28 bits per heavy atom. The van der Waals surface area contributed by atoms with Crippen LogP contribution in [0.3, 0.4) is 0 Å². The second kappa shape index (κ2) is 9.22. The van der Waals surface area contributed by atoms with Crippen LogP contribution in [0.1, 0.15) is 49.1 Å². The Morgan fingerprint density at radius 2 is 2.04 bits per heavy atom. The Bertz CT molecular complexity index is 684. The third-order valence-electron chi connectivity index (χ3n) is 4.50. The maximum absolute atomic E-state index is 5.34. The summed E-state index contributed by atoms with van der Waals surface area (Å²) < 4.78 is 5.34. The Balaban J connectivity index is 0.00000225. The Hall–Kier alpha value is -1.57. The average Bonchev–Trinajstić information content (AvgIpc) is 3.22. The third kappa shape index (κ3) is 5.45. The van der Waals surface area contributed by atoms with Gasteiger partial charge in [0.15, 0.2) is 11.7 Å². The van der Waals surface area contributed by atoms with Crippen LogP contribution in [0.2, 0.25) is 0 Å². The lowest BCUT2D eigenvalue weighted by Crippen LogP contribution is -2.37. The van der Waals surface area contributed by atoms with E-state index in [9.17, 15) is 0 Å². The number of nitrogens with zero attached hydrogens (tertiary/aromatic N) is 2. The number of hydrogen-bond donors (Lipinski definition) is 2. The molecule has 1 aromatic carbocycles. The van der Waals surface area contributed by atoms with Crippen molar-refractivity contribution in [1.29, 1.82) is 0 Å². The van der Waals surface area contributed by atoms with Gasteiger partial charge in [0.05, 0.1) is 12.2 Å². The van der Waals surface area contributed by atoms with Crippen molar-refractivity contribution in [2.24, 2.45) is 10.9 Å². The first-order chi connectivity index (χ1) is 11.7. The van der Waals surface area contributed by atoms with E-state index in [4.69, 9.17) is 4.52 Å². The van der Waals surface area contributed by atoms with Crippen LogP contribution in [0.5, 0.6) is 0 Å². The maximum Gasteiger partial charge on any atom is 0.191 e. The van der Waals surface area contributed by atoms with Gasteiger partial charge in [-0.3, -0.25) is 4.99 Å². The van der Waals surface area contributed by atoms with Crippen LogP contribution in [-0.4, -0.2) is 24.7 Å². The molecule has 0 bridgehead atoms. The number of nitrogens with one attached hydrogen (secondary N) is 2. The molecule has 1 heterocycles. The van der Waals surface area contributed by atoms with E-state index in [1.807, 2.05) is 6.07 Å². The summed E-state index contributed by atoms with van der Waals surface area (Å²) in [7, 11) is 1.79. The van der Waals surface area contributed by atoms with Gasteiger partial charge in [0.1, 0.15) is 0 Å². The molecule has 1 saturated carbocycles. The molecular formula is C19H27IN4O. The van der Waals surface area contributed by atoms with Gasteiger partial charge in [0.2, 0.25) is 0 Å². The van der Waals surface area contributed by atoms with Crippen molar-refractivity contribution in [2.75, 3.05) is 13.6 Å². The molecule has 5 nitrogen and oxygen atoms in total. The van der Waals surface area contributed by atoms with E-state index >= 15 is 0 Å². The molecule has 1 aliphatic carbocycles. The lowest BCUT2D eigenvalue weighted by atomic mass is 10.1. The molecule has 2 N–H and O–H groups in total. The number of benzene rings is 1. The minimum absolute atomic E-state index is 0. The Morgan fingerprint density at radius 3 is 2.68 bits per heavy atom. The SMILES string of the molecule is CN=C(NCc1cc(C(C)C)no1)NCC1CC1c1ccccc1.I. The zero-order valence-electron chi connectivity index (χ0n) is 15.0. The second-order valence-electron chi connectivity index (χ2n) is 6.69. The van der Waals surface area contributed by atoms with Crippen LogP contribution in [0.15, 0.2) is 45.9 Å². The molecule has 2 atom stereocenters. The average molecular weight is 454 g/mol. The molecule has 25 heavy (non-hydrogen) atoms. The van der Waals surface area contributed by atoms with Crippen molar-refractivity contribution >= 4 is 29.9 Å². The fourth-order valence-corrected chi connectivity index (χ4v) is 2.89. The number of guanidine groups is 1. The van der Waals surface area contributed by atoms with Crippen LogP contribution < -0.4 is 10.6 Å². The van der Waals surface area contributed by atoms with Gasteiger partial charge in [0.25, 0.3) is 0 Å². The molecule has 2 aromatic rings. The zero-order chi connectivity index (χ0) is 16.9. The first-order valence-electron chi connectivity index (χ1n) is 8.62. The second-order valence-corrected chi connectivity index (χ2v) is 6.69. The van der Waals surface area contributed by atoms with E-state index in [0.717, 1.165) is 24.0 Å². The molecule has 1 aliphatic rings. The van der Waals surface area contributed by atoms with Crippen LogP contribution in [0.25, 0.3) is 0 Å². The Kier molecular flexibility index (Phi) is 7.28. The first kappa shape index (κ1) is 19.8. The molecule has 1 aromatic heterocycles. The summed E-state index contributed by atoms with van der Waals surface area (Å²) in [6.45, 7) is 5.74. The molecule has 6 heteroatoms. The van der Waals surface area contributed by atoms with E-state index in [0.29, 0.717) is 24.3 Å². The minimum Gasteiger partial charge on any atom is -0.359 e. The number of rotatable bonds is 6. The highest BCUT2D eigenvalue weighted by atomic mass is 127. The number of aromatic nitrogens is 1. The number of halogens is 1. The number of aliphatic imine (C=N–C) groups is 1. The summed E-state index contributed by atoms with van der Waals surface area (Å²) in [6.07, 6.45) is 1.24. The molecule has 136 valence electrons. The van der Waals surface area contributed by atoms with Crippen molar-refractivity contribution in [1.82, 2.24) is 15.8 Å². The lowest BCUT2D eigenvalue weighted by Gasteiger charge is -2.10. The van der Waals surface area contributed by atoms with Gasteiger partial charge in [-0.2, -0.15) is 0 Å². The predicted octanol–water partition coefficient (Wildman–Crippen LogP) is 3.88. The molecule has 0 amide bonds. The van der Waals surface area contributed by atoms with Crippen LogP contribution in [0.4, 0.5) is 0 Å². The molecule has 0 radical (unpaired) electrons. The maximum atomic E-state index is 5.34. The van der Waals surface area contributed by atoms with E-state index < -0.39 is 0 Å². The molecule has 0 spiro atoms. The highest BCUT2D eigenvalue weighted by Crippen LogP contribution is 2.46. The van der Waals surface area contributed by atoms with E-state index in [1.54, 1.807) is 7.05 Å². The fraction of sp³-hybridized carbons (Fsp3) is 0.474. The standard InChI is InChI=1S/C19H26N4O.HI/c1-13(2)18-10-16(24-23-18)12-22-19(20-3)21-11-15-9-17(15)14-7-5-4-6-8-14;/h4-8,10,13,15,17H,9,11-12H2,1-3H3,(H2,20,21,22);1H. The quantitative estimate of drug-likeness (QED) is 0.395. The van der Waals surface area contributed by atoms with Gasteiger partial charge in [-0.25, -0.2) is 0 Å². The summed E-state index contributed by atoms with van der Waals surface area (Å²) in [5.74, 6) is 3.37. The molecular weight excluding hydrogens is 427 g/mol. The molecule has 0 aliphatic heterocycles. The van der Waals surface area contributed by atoms with Crippen LogP contribution >= 0.6 is 24.0 Å². The van der Waals surface area contributed by atoms with E-state index in [2.05, 4.69) is 65.0 Å². The van der Waals surface area contributed by atoms with Crippen molar-refractivity contribution in [3.63, 3.8) is 0 Å². The van der Waals surface area contributed by atoms with Crippen molar-refractivity contribution in [2.45, 2.75) is 38.6 Å². The smallest absolute Gasteiger partial charge is 0.191 e. The summed E-state index contributed by atoms with van der Waals surface area (Å²) in [5, 5.41) is 10.8. The first-order valence-corrected chi connectivity index (χ1v) is 8.62. The molecule has 1 fully saturated rings. The normalized spacial score (nSPS) is 19.4. The highest BCUT2D eigenvalue weighted by molar-refractivity contribution is 14.0. The monoisotopic (exact) mass is 454 g/mol. The van der Waals surface area contributed by atoms with Gasteiger partial charge in [0, 0.05) is 19.7 Å². The van der Waals surface area contributed by atoms with Gasteiger partial charge < -0.3 is 15.2 Å². The van der Waals surface area contributed by atoms with Crippen molar-refractivity contribution < 1.29 is 4.52 Å². The molecule has 2 unspecified atom stereocenters. The number of hydrogen-bond acceptors (Lipinski definition) is 3. The zero-order valence-corrected chi connectivity index (χ0v) is 17.4. The van der Waals surface area contributed by atoms with Gasteiger partial charge in [-0.15, -0.1) is 24.0 Å². The van der Waals surface area contributed by atoms with Gasteiger partial charge in [-0.1, -0.05) is 49.3 Å². The Labute approximate surface area is 166 Å². The third-order valence-corrected chi connectivity index (χ3v) is 4.50. The summed E-state index contributed by atoms with van der Waals surface area (Å²) in [4.78, 5) is 4.27. The van der Waals surface area contributed by atoms with Crippen LogP contribution in [-0.2, 0) is 6.54 Å².